The Labute approximate surface area is 114 Å². The molecule has 2 fully saturated rings. The molecule has 0 aromatic heterocycles. The Kier molecular flexibility index (Phi) is 3.92. The molecule has 2 heterocycles. The van der Waals surface area contributed by atoms with Crippen molar-refractivity contribution in [3.63, 3.8) is 0 Å². The number of hydrogen-bond donors (Lipinski definition) is 1. The number of thioether (sulfide) groups is 1. The predicted molar refractivity (Wildman–Crippen MR) is 79.1 cm³/mol. The molecule has 0 saturated carbocycles. The van der Waals surface area contributed by atoms with Gasteiger partial charge < -0.3 is 5.32 Å². The molecule has 3 unspecified atom stereocenters. The fraction of sp³-hybridized carbons (Fsp3) is 0.600. The van der Waals surface area contributed by atoms with Crippen molar-refractivity contribution in [1.82, 2.24) is 10.2 Å². The SMILES string of the molecule is CC1CNC(c2ccccc2)CN1C1CCSC1. The molecule has 1 aromatic carbocycles. The topological polar surface area (TPSA) is 15.3 Å². The van der Waals surface area contributed by atoms with Gasteiger partial charge in [0.15, 0.2) is 0 Å². The molecule has 1 aromatic rings. The van der Waals surface area contributed by atoms with Gasteiger partial charge in [-0.15, -0.1) is 0 Å². The monoisotopic (exact) mass is 262 g/mol. The molecule has 0 bridgehead atoms. The molecule has 18 heavy (non-hydrogen) atoms. The number of nitrogens with one attached hydrogen (secondary N) is 1. The largest absolute Gasteiger partial charge is 0.307 e. The third-order valence-electron chi connectivity index (χ3n) is 4.20. The molecular weight excluding hydrogens is 240 g/mol. The maximum atomic E-state index is 3.69. The van der Waals surface area contributed by atoms with Crippen LogP contribution in [-0.2, 0) is 0 Å². The van der Waals surface area contributed by atoms with E-state index in [2.05, 4.69) is 59.2 Å². The number of rotatable bonds is 2. The van der Waals surface area contributed by atoms with Gasteiger partial charge in [-0.25, -0.2) is 0 Å². The molecule has 0 spiro atoms. The molecule has 2 aliphatic heterocycles. The Hall–Kier alpha value is -0.510. The highest BCUT2D eigenvalue weighted by molar-refractivity contribution is 7.99. The minimum atomic E-state index is 0.507. The third kappa shape index (κ3) is 2.58. The summed E-state index contributed by atoms with van der Waals surface area (Å²) in [5.74, 6) is 2.67. The summed E-state index contributed by atoms with van der Waals surface area (Å²) in [5.41, 5.74) is 1.43. The van der Waals surface area contributed by atoms with Crippen LogP contribution in [0.1, 0.15) is 24.9 Å². The highest BCUT2D eigenvalue weighted by Crippen LogP contribution is 2.28. The van der Waals surface area contributed by atoms with Gasteiger partial charge in [0.2, 0.25) is 0 Å². The van der Waals surface area contributed by atoms with E-state index in [4.69, 9.17) is 0 Å². The first-order valence-electron chi connectivity index (χ1n) is 6.96. The molecule has 2 aliphatic rings. The van der Waals surface area contributed by atoms with Gasteiger partial charge in [-0.3, -0.25) is 4.90 Å². The van der Waals surface area contributed by atoms with Crippen molar-refractivity contribution in [2.75, 3.05) is 24.6 Å². The number of piperazine rings is 1. The van der Waals surface area contributed by atoms with E-state index in [0.29, 0.717) is 12.1 Å². The van der Waals surface area contributed by atoms with Crippen LogP contribution in [0, 0.1) is 0 Å². The lowest BCUT2D eigenvalue weighted by molar-refractivity contribution is 0.102. The van der Waals surface area contributed by atoms with Crippen LogP contribution in [-0.4, -0.2) is 41.6 Å². The summed E-state index contributed by atoms with van der Waals surface area (Å²) in [6, 6.07) is 12.9. The van der Waals surface area contributed by atoms with Gasteiger partial charge in [0.25, 0.3) is 0 Å². The Morgan fingerprint density at radius 3 is 2.83 bits per heavy atom. The van der Waals surface area contributed by atoms with Gasteiger partial charge in [-0.05, 0) is 24.7 Å². The Bertz CT molecular complexity index is 375. The normalized spacial score (nSPS) is 33.7. The van der Waals surface area contributed by atoms with Crippen molar-refractivity contribution in [2.45, 2.75) is 31.5 Å². The first-order chi connectivity index (χ1) is 8.84. The quantitative estimate of drug-likeness (QED) is 0.882. The van der Waals surface area contributed by atoms with Crippen LogP contribution < -0.4 is 5.32 Å². The summed E-state index contributed by atoms with van der Waals surface area (Å²) < 4.78 is 0. The van der Waals surface area contributed by atoms with E-state index in [1.54, 1.807) is 0 Å². The third-order valence-corrected chi connectivity index (χ3v) is 5.34. The van der Waals surface area contributed by atoms with Crippen LogP contribution in [0.25, 0.3) is 0 Å². The van der Waals surface area contributed by atoms with E-state index in [1.807, 2.05) is 0 Å². The second-order valence-electron chi connectivity index (χ2n) is 5.43. The Morgan fingerprint density at radius 2 is 2.11 bits per heavy atom. The molecule has 0 radical (unpaired) electrons. The van der Waals surface area contributed by atoms with Crippen LogP contribution in [0.4, 0.5) is 0 Å². The smallest absolute Gasteiger partial charge is 0.0450 e. The van der Waals surface area contributed by atoms with Gasteiger partial charge in [0.05, 0.1) is 0 Å². The lowest BCUT2D eigenvalue weighted by Crippen LogP contribution is -2.55. The fourth-order valence-corrected chi connectivity index (χ4v) is 4.32. The number of benzene rings is 1. The highest BCUT2D eigenvalue weighted by atomic mass is 32.2. The van der Waals surface area contributed by atoms with Gasteiger partial charge in [0.1, 0.15) is 0 Å². The maximum absolute atomic E-state index is 3.69. The van der Waals surface area contributed by atoms with Crippen molar-refractivity contribution in [3.05, 3.63) is 35.9 Å². The predicted octanol–water partition coefficient (Wildman–Crippen LogP) is 2.53. The van der Waals surface area contributed by atoms with Crippen LogP contribution in [0.5, 0.6) is 0 Å². The molecule has 2 nitrogen and oxygen atoms in total. The van der Waals surface area contributed by atoms with Crippen molar-refractivity contribution in [2.24, 2.45) is 0 Å². The summed E-state index contributed by atoms with van der Waals surface area (Å²) >= 11 is 2.11. The van der Waals surface area contributed by atoms with Crippen LogP contribution in [0.2, 0.25) is 0 Å². The maximum Gasteiger partial charge on any atom is 0.0450 e. The fourth-order valence-electron chi connectivity index (χ4n) is 3.09. The van der Waals surface area contributed by atoms with Crippen molar-refractivity contribution >= 4 is 11.8 Å². The minimum Gasteiger partial charge on any atom is -0.307 e. The van der Waals surface area contributed by atoms with Crippen molar-refractivity contribution in [1.29, 1.82) is 0 Å². The van der Waals surface area contributed by atoms with Gasteiger partial charge in [-0.2, -0.15) is 11.8 Å². The van der Waals surface area contributed by atoms with Crippen molar-refractivity contribution < 1.29 is 0 Å². The molecule has 2 saturated heterocycles. The zero-order chi connectivity index (χ0) is 12.4. The standard InChI is InChI=1S/C15H22N2S/c1-12-9-16-15(13-5-3-2-4-6-13)10-17(12)14-7-8-18-11-14/h2-6,12,14-16H,7-11H2,1H3. The summed E-state index contributed by atoms with van der Waals surface area (Å²) in [4.78, 5) is 2.73. The zero-order valence-electron chi connectivity index (χ0n) is 11.0. The van der Waals surface area contributed by atoms with Crippen LogP contribution in [0.15, 0.2) is 30.3 Å². The van der Waals surface area contributed by atoms with Gasteiger partial charge in [-0.1, -0.05) is 30.3 Å². The highest BCUT2D eigenvalue weighted by Gasteiger charge is 2.32. The molecule has 3 heteroatoms. The Morgan fingerprint density at radius 1 is 1.28 bits per heavy atom. The summed E-state index contributed by atoms with van der Waals surface area (Å²) in [6.07, 6.45) is 1.37. The van der Waals surface area contributed by atoms with E-state index in [-0.39, 0.29) is 0 Å². The molecule has 3 rings (SSSR count). The second kappa shape index (κ2) is 5.64. The van der Waals surface area contributed by atoms with Gasteiger partial charge in [0, 0.05) is 37.0 Å². The summed E-state index contributed by atoms with van der Waals surface area (Å²) in [7, 11) is 0. The number of hydrogen-bond acceptors (Lipinski definition) is 3. The van der Waals surface area contributed by atoms with Gasteiger partial charge >= 0.3 is 0 Å². The first-order valence-corrected chi connectivity index (χ1v) is 8.12. The Balaban J connectivity index is 1.71. The molecule has 98 valence electrons. The molecule has 1 N–H and O–H groups in total. The summed E-state index contributed by atoms with van der Waals surface area (Å²) in [6.45, 7) is 4.63. The minimum absolute atomic E-state index is 0.507. The van der Waals surface area contributed by atoms with Crippen LogP contribution >= 0.6 is 11.8 Å². The molecule has 0 amide bonds. The average Bonchev–Trinajstić information content (AvgIpc) is 2.94. The second-order valence-corrected chi connectivity index (χ2v) is 6.58. The number of nitrogens with zero attached hydrogens (tertiary/aromatic N) is 1. The van der Waals surface area contributed by atoms with Crippen molar-refractivity contribution in [3.8, 4) is 0 Å². The average molecular weight is 262 g/mol. The van der Waals surface area contributed by atoms with Crippen LogP contribution in [0.3, 0.4) is 0 Å². The van der Waals surface area contributed by atoms with E-state index >= 15 is 0 Å². The lowest BCUT2D eigenvalue weighted by Gasteiger charge is -2.42. The zero-order valence-corrected chi connectivity index (χ0v) is 11.8. The van der Waals surface area contributed by atoms with E-state index < -0.39 is 0 Å². The lowest BCUT2D eigenvalue weighted by atomic mass is 10.0. The molecule has 3 atom stereocenters. The van der Waals surface area contributed by atoms with E-state index in [9.17, 15) is 0 Å². The summed E-state index contributed by atoms with van der Waals surface area (Å²) in [5, 5.41) is 3.69. The molecular formula is C15H22N2S. The first kappa shape index (κ1) is 12.5. The van der Waals surface area contributed by atoms with E-state index in [0.717, 1.165) is 19.1 Å². The van der Waals surface area contributed by atoms with E-state index in [1.165, 1.54) is 23.5 Å². The molecule has 0 aliphatic carbocycles.